The molecule has 20 heteroatoms. The number of carbonyl (C=O) groups is 4. The van der Waals surface area contributed by atoms with Gasteiger partial charge in [-0.3, -0.25) is 48.4 Å². The van der Waals surface area contributed by atoms with Crippen LogP contribution in [0.5, 0.6) is 0 Å². The molecule has 2 aromatic carbocycles. The molecule has 0 spiro atoms. The molecular weight excluding hydrogens is 1190 g/mol. The molecule has 0 aliphatic carbocycles. The predicted octanol–water partition coefficient (Wildman–Crippen LogP) is 7.56. The highest BCUT2D eigenvalue weighted by atomic mass is 19.1. The Hall–Kier alpha value is -6.16. The average molecular weight is 1300 g/mol. The Morgan fingerprint density at radius 1 is 0.479 bits per heavy atom. The Kier molecular flexibility index (Phi) is 23.2. The number of piperazine rings is 4. The van der Waals surface area contributed by atoms with Gasteiger partial charge >= 0.3 is 0 Å². The number of carbonyl (C=O) groups excluding carboxylic acids is 4. The summed E-state index contributed by atoms with van der Waals surface area (Å²) in [5.41, 5.74) is 5.05. The second kappa shape index (κ2) is 30.9. The predicted molar refractivity (Wildman–Crippen MR) is 369 cm³/mol. The number of halogens is 2. The van der Waals surface area contributed by atoms with Crippen LogP contribution in [0.3, 0.4) is 0 Å². The fourth-order valence-electron chi connectivity index (χ4n) is 16.2. The lowest BCUT2D eigenvalue weighted by Gasteiger charge is -2.45. The minimum Gasteiger partial charge on any atom is -0.340 e. The van der Waals surface area contributed by atoms with Crippen molar-refractivity contribution in [2.75, 3.05) is 115 Å². The molecule has 4 aromatic rings. The van der Waals surface area contributed by atoms with E-state index in [1.807, 2.05) is 21.9 Å². The number of rotatable bonds is 25. The summed E-state index contributed by atoms with van der Waals surface area (Å²) in [4.78, 5) is 101. The van der Waals surface area contributed by atoms with Crippen LogP contribution < -0.4 is 31.6 Å². The van der Waals surface area contributed by atoms with Gasteiger partial charge < -0.3 is 39.4 Å². The molecule has 94 heavy (non-hydrogen) atoms. The first-order valence-corrected chi connectivity index (χ1v) is 35.4. The molecule has 0 saturated carbocycles. The molecule has 6 atom stereocenters. The van der Waals surface area contributed by atoms with E-state index in [1.54, 1.807) is 47.5 Å². The zero-order valence-electron chi connectivity index (χ0n) is 58.1. The van der Waals surface area contributed by atoms with Gasteiger partial charge in [-0.05, 0) is 88.1 Å². The summed E-state index contributed by atoms with van der Waals surface area (Å²) in [6.45, 7) is 27.6. The summed E-state index contributed by atoms with van der Waals surface area (Å²) in [5.74, 6) is -0.113. The molecule has 2 unspecified atom stereocenters. The molecule has 0 bridgehead atoms. The fraction of sp³-hybridized carbons (Fsp3) is 0.649. The number of amides is 4. The van der Waals surface area contributed by atoms with E-state index in [2.05, 4.69) is 95.4 Å². The second-order valence-corrected chi connectivity index (χ2v) is 30.1. The molecule has 4 fully saturated rings. The van der Waals surface area contributed by atoms with Gasteiger partial charge in [0.2, 0.25) is 23.6 Å². The third kappa shape index (κ3) is 17.0. The van der Waals surface area contributed by atoms with Crippen molar-refractivity contribution in [2.24, 2.45) is 14.1 Å². The first-order chi connectivity index (χ1) is 44.8. The third-order valence-electron chi connectivity index (χ3n) is 21.4. The number of aromatic nitrogens is 2. The fourth-order valence-corrected chi connectivity index (χ4v) is 16.2. The Morgan fingerprint density at radius 2 is 0.830 bits per heavy atom. The maximum atomic E-state index is 14.5. The monoisotopic (exact) mass is 1300 g/mol. The van der Waals surface area contributed by atoms with Crippen molar-refractivity contribution in [1.82, 2.24) is 49.2 Å². The zero-order chi connectivity index (χ0) is 67.2. The van der Waals surface area contributed by atoms with E-state index in [1.165, 1.54) is 49.9 Å². The van der Waals surface area contributed by atoms with E-state index in [4.69, 9.17) is 0 Å². The van der Waals surface area contributed by atoms with Crippen LogP contribution >= 0.6 is 0 Å². The van der Waals surface area contributed by atoms with Gasteiger partial charge in [0.1, 0.15) is 11.6 Å². The number of anilines is 2. The standard InChI is InChI=1S/C74H108F2N12O6/c1-51-41-85(47-67(91)87-49-73(5,6)69-63(87)37-57(71(93)79(69)9)35-55-23-27-59(75)28-24-55)61(39-77-51)45-81-31-33-83(43-53(81)3)65(89)21-19-17-15-13-11-12-14-16-18-20-22-66(90)84-34-32-82(54(4)44-84)46-62-40-78-52(2)42-86(62)48-68(92)88-50-74(7,8)70-64(88)38-58(72(94)80(70)10)36-56-25-29-60(76)30-26-56/h23-30,37-38,51-54,61-62,77-78H,11-22,31-36,39-50H2,1-10H3/t51-,52-,53?,54?,61-,62-/m1/s1. The van der Waals surface area contributed by atoms with Crippen molar-refractivity contribution in [2.45, 2.75) is 192 Å². The van der Waals surface area contributed by atoms with Crippen molar-refractivity contribution in [3.05, 3.63) is 127 Å². The first kappa shape index (κ1) is 70.6. The molecule has 2 N–H and O–H groups in total. The van der Waals surface area contributed by atoms with Crippen molar-refractivity contribution in [3.8, 4) is 0 Å². The SMILES string of the molecule is CC1CN(C(=O)CCCCCCCCCCCCC(=O)N2CCN(C[C@H]3CN[C@H](C)CN3CC(=O)N3CC(C)(C)c4c3cc(Cc3ccc(F)cc3)c(=O)n4C)C(C)C2)CCN1C[C@H]1CN[C@H](C)CN1CC(=O)N1CC(C)(C)c2c1cc(Cc1ccc(F)cc1)c(=O)n2C. The van der Waals surface area contributed by atoms with Crippen LogP contribution in [-0.4, -0.2) is 203 Å². The maximum Gasteiger partial charge on any atom is 0.254 e. The topological polar surface area (TPSA) is 162 Å². The van der Waals surface area contributed by atoms with Crippen LogP contribution in [-0.2, 0) is 56.9 Å². The summed E-state index contributed by atoms with van der Waals surface area (Å²) >= 11 is 0. The number of nitrogens with one attached hydrogen (secondary N) is 2. The smallest absolute Gasteiger partial charge is 0.254 e. The van der Waals surface area contributed by atoms with Gasteiger partial charge in [-0.15, -0.1) is 0 Å². The molecule has 8 heterocycles. The first-order valence-electron chi connectivity index (χ1n) is 35.4. The van der Waals surface area contributed by atoms with Gasteiger partial charge in [-0.25, -0.2) is 8.78 Å². The summed E-state index contributed by atoms with van der Waals surface area (Å²) < 4.78 is 30.8. The van der Waals surface area contributed by atoms with Crippen molar-refractivity contribution < 1.29 is 28.0 Å². The number of hydrogen-bond donors (Lipinski definition) is 2. The zero-order valence-corrected chi connectivity index (χ0v) is 58.1. The maximum absolute atomic E-state index is 14.5. The van der Waals surface area contributed by atoms with Crippen LogP contribution in [0.15, 0.2) is 70.3 Å². The molecule has 6 aliphatic heterocycles. The Morgan fingerprint density at radius 3 is 1.18 bits per heavy atom. The lowest BCUT2D eigenvalue weighted by Crippen LogP contribution is -2.63. The molecule has 4 saturated heterocycles. The number of fused-ring (bicyclic) bond motifs is 2. The number of hydrogen-bond acceptors (Lipinski definition) is 12. The molecule has 514 valence electrons. The van der Waals surface area contributed by atoms with Gasteiger partial charge in [0.15, 0.2) is 0 Å². The van der Waals surface area contributed by atoms with E-state index in [0.29, 0.717) is 76.1 Å². The van der Waals surface area contributed by atoms with Crippen molar-refractivity contribution >= 4 is 35.0 Å². The molecule has 0 radical (unpaired) electrons. The summed E-state index contributed by atoms with van der Waals surface area (Å²) in [7, 11) is 3.58. The highest BCUT2D eigenvalue weighted by Crippen LogP contribution is 2.42. The van der Waals surface area contributed by atoms with Crippen LogP contribution in [0.25, 0.3) is 0 Å². The van der Waals surface area contributed by atoms with Crippen LogP contribution in [0.2, 0.25) is 0 Å². The van der Waals surface area contributed by atoms with Gasteiger partial charge in [-0.2, -0.15) is 0 Å². The molecule has 10 rings (SSSR count). The van der Waals surface area contributed by atoms with E-state index in [0.717, 1.165) is 125 Å². The highest BCUT2D eigenvalue weighted by Gasteiger charge is 2.45. The number of unbranched alkanes of at least 4 members (excludes halogenated alkanes) is 9. The molecule has 4 amide bonds. The van der Waals surface area contributed by atoms with Gasteiger partial charge in [0.25, 0.3) is 11.1 Å². The minimum atomic E-state index is -0.418. The summed E-state index contributed by atoms with van der Waals surface area (Å²) in [5, 5.41) is 7.32. The van der Waals surface area contributed by atoms with Crippen molar-refractivity contribution in [1.29, 1.82) is 0 Å². The molecular formula is C74H108F2N12O6. The highest BCUT2D eigenvalue weighted by molar-refractivity contribution is 5.98. The average Bonchev–Trinajstić information content (AvgIpc) is 1.58. The van der Waals surface area contributed by atoms with Crippen LogP contribution in [0.4, 0.5) is 20.2 Å². The van der Waals surface area contributed by atoms with Crippen LogP contribution in [0, 0.1) is 11.6 Å². The Balaban J connectivity index is 0.580. The minimum absolute atomic E-state index is 0.0170. The van der Waals surface area contributed by atoms with E-state index < -0.39 is 10.8 Å². The van der Waals surface area contributed by atoms with Gasteiger partial charge in [0.05, 0.1) is 35.9 Å². The number of nitrogens with zero attached hydrogens (tertiary/aromatic N) is 10. The molecule has 2 aromatic heterocycles. The molecule has 18 nitrogen and oxygen atoms in total. The Labute approximate surface area is 557 Å². The van der Waals surface area contributed by atoms with E-state index in [9.17, 15) is 37.5 Å². The second-order valence-electron chi connectivity index (χ2n) is 30.1. The van der Waals surface area contributed by atoms with E-state index >= 15 is 0 Å². The number of pyridine rings is 2. The van der Waals surface area contributed by atoms with Gasteiger partial charge in [-0.1, -0.05) is 103 Å². The van der Waals surface area contributed by atoms with Crippen molar-refractivity contribution in [3.63, 3.8) is 0 Å². The van der Waals surface area contributed by atoms with Gasteiger partial charge in [0, 0.05) is 190 Å². The summed E-state index contributed by atoms with van der Waals surface area (Å²) in [6, 6.07) is 17.3. The number of benzene rings is 2. The summed E-state index contributed by atoms with van der Waals surface area (Å²) in [6.07, 6.45) is 12.9. The normalized spacial score (nSPS) is 23.4. The Bertz CT molecular complexity index is 3200. The molecule has 6 aliphatic rings. The quantitative estimate of drug-likeness (QED) is 0.0628. The largest absolute Gasteiger partial charge is 0.340 e. The van der Waals surface area contributed by atoms with E-state index in [-0.39, 0.29) is 95.7 Å². The lowest BCUT2D eigenvalue weighted by atomic mass is 9.90. The third-order valence-corrected chi connectivity index (χ3v) is 21.4. The van der Waals surface area contributed by atoms with Crippen LogP contribution in [0.1, 0.15) is 166 Å². The lowest BCUT2D eigenvalue weighted by molar-refractivity contribution is -0.135.